The third kappa shape index (κ3) is 2.20. The van der Waals surface area contributed by atoms with Crippen LogP contribution in [0.3, 0.4) is 0 Å². The van der Waals surface area contributed by atoms with E-state index in [2.05, 4.69) is 14.9 Å². The van der Waals surface area contributed by atoms with Crippen molar-refractivity contribution in [1.82, 2.24) is 9.97 Å². The third-order valence-electron chi connectivity index (χ3n) is 2.54. The standard InChI is InChI=1S/C10H15ClN4O/c1-10(2)5-15(3-4-16-10)9-7(12)8(11)13-6-14-9/h6H,3-5,12H2,1-2H3. The second-order valence-electron chi connectivity index (χ2n) is 4.43. The first-order chi connectivity index (χ1) is 7.49. The van der Waals surface area contributed by atoms with Crippen LogP contribution in [0.5, 0.6) is 0 Å². The maximum absolute atomic E-state index is 5.87. The molecule has 0 saturated carbocycles. The van der Waals surface area contributed by atoms with Crippen LogP contribution in [-0.2, 0) is 4.74 Å². The van der Waals surface area contributed by atoms with Gasteiger partial charge in [-0.15, -0.1) is 0 Å². The van der Waals surface area contributed by atoms with Crippen LogP contribution >= 0.6 is 11.6 Å². The van der Waals surface area contributed by atoms with Crippen LogP contribution in [-0.4, -0.2) is 35.3 Å². The van der Waals surface area contributed by atoms with Crippen molar-refractivity contribution in [3.05, 3.63) is 11.5 Å². The third-order valence-corrected chi connectivity index (χ3v) is 2.84. The number of nitrogens with two attached hydrogens (primary N) is 1. The Bertz CT molecular complexity index is 396. The zero-order valence-corrected chi connectivity index (χ0v) is 10.2. The molecule has 1 fully saturated rings. The molecule has 5 nitrogen and oxygen atoms in total. The van der Waals surface area contributed by atoms with Crippen LogP contribution in [0.15, 0.2) is 6.33 Å². The lowest BCUT2D eigenvalue weighted by atomic mass is 10.1. The van der Waals surface area contributed by atoms with Gasteiger partial charge in [0.2, 0.25) is 0 Å². The number of halogens is 1. The number of hydrogen-bond donors (Lipinski definition) is 1. The predicted molar refractivity (Wildman–Crippen MR) is 63.7 cm³/mol. The van der Waals surface area contributed by atoms with E-state index < -0.39 is 0 Å². The van der Waals surface area contributed by atoms with Gasteiger partial charge in [-0.25, -0.2) is 9.97 Å². The zero-order chi connectivity index (χ0) is 11.8. The van der Waals surface area contributed by atoms with Crippen LogP contribution in [0.25, 0.3) is 0 Å². The molecule has 1 aromatic rings. The minimum absolute atomic E-state index is 0.192. The van der Waals surface area contributed by atoms with Gasteiger partial charge < -0.3 is 15.4 Å². The first-order valence-electron chi connectivity index (χ1n) is 5.14. The molecule has 0 amide bonds. The largest absolute Gasteiger partial charge is 0.393 e. The van der Waals surface area contributed by atoms with Crippen LogP contribution in [0.1, 0.15) is 13.8 Å². The van der Waals surface area contributed by atoms with E-state index in [0.717, 1.165) is 13.1 Å². The van der Waals surface area contributed by atoms with E-state index in [9.17, 15) is 0 Å². The molecule has 0 radical (unpaired) electrons. The van der Waals surface area contributed by atoms with Gasteiger partial charge >= 0.3 is 0 Å². The van der Waals surface area contributed by atoms with Crippen molar-refractivity contribution in [2.24, 2.45) is 0 Å². The van der Waals surface area contributed by atoms with E-state index in [0.29, 0.717) is 23.3 Å². The number of morpholine rings is 1. The highest BCUT2D eigenvalue weighted by atomic mass is 35.5. The molecule has 0 aromatic carbocycles. The van der Waals surface area contributed by atoms with E-state index in [-0.39, 0.29) is 5.60 Å². The van der Waals surface area contributed by atoms with Crippen molar-refractivity contribution in [3.63, 3.8) is 0 Å². The van der Waals surface area contributed by atoms with Crippen molar-refractivity contribution in [2.75, 3.05) is 30.3 Å². The van der Waals surface area contributed by atoms with Gasteiger partial charge in [0, 0.05) is 13.1 Å². The van der Waals surface area contributed by atoms with Gasteiger partial charge in [-0.2, -0.15) is 0 Å². The number of aromatic nitrogens is 2. The smallest absolute Gasteiger partial charge is 0.157 e. The van der Waals surface area contributed by atoms with Crippen molar-refractivity contribution in [3.8, 4) is 0 Å². The Morgan fingerprint density at radius 1 is 1.50 bits per heavy atom. The molecule has 0 atom stereocenters. The van der Waals surface area contributed by atoms with Gasteiger partial charge in [0.05, 0.1) is 12.2 Å². The van der Waals surface area contributed by atoms with Gasteiger partial charge in [0.25, 0.3) is 0 Å². The Labute approximate surface area is 99.6 Å². The molecule has 1 saturated heterocycles. The number of ether oxygens (including phenoxy) is 1. The lowest BCUT2D eigenvalue weighted by molar-refractivity contribution is -0.0278. The van der Waals surface area contributed by atoms with Gasteiger partial charge in [0.1, 0.15) is 12.0 Å². The van der Waals surface area contributed by atoms with Crippen molar-refractivity contribution < 1.29 is 4.74 Å². The number of anilines is 2. The van der Waals surface area contributed by atoms with Crippen molar-refractivity contribution >= 4 is 23.1 Å². The summed E-state index contributed by atoms with van der Waals surface area (Å²) in [5.74, 6) is 0.691. The van der Waals surface area contributed by atoms with Crippen molar-refractivity contribution in [1.29, 1.82) is 0 Å². The summed E-state index contributed by atoms with van der Waals surface area (Å²) >= 11 is 5.87. The first kappa shape index (κ1) is 11.4. The molecule has 0 spiro atoms. The Balaban J connectivity index is 2.27. The summed E-state index contributed by atoms with van der Waals surface area (Å²) in [6, 6.07) is 0. The fourth-order valence-corrected chi connectivity index (χ4v) is 1.94. The highest BCUT2D eigenvalue weighted by Crippen LogP contribution is 2.28. The second kappa shape index (κ2) is 4.07. The SMILES string of the molecule is CC1(C)CN(c2ncnc(Cl)c2N)CCO1. The number of nitrogen functional groups attached to an aromatic ring is 1. The molecular formula is C10H15ClN4O. The number of rotatable bonds is 1. The summed E-state index contributed by atoms with van der Waals surface area (Å²) in [7, 11) is 0. The molecule has 2 heterocycles. The fourth-order valence-electron chi connectivity index (χ4n) is 1.81. The second-order valence-corrected chi connectivity index (χ2v) is 4.79. The van der Waals surface area contributed by atoms with Crippen LogP contribution in [0.2, 0.25) is 5.15 Å². The van der Waals surface area contributed by atoms with E-state index in [1.165, 1.54) is 6.33 Å². The minimum Gasteiger partial charge on any atom is -0.393 e. The highest BCUT2D eigenvalue weighted by Gasteiger charge is 2.29. The maximum Gasteiger partial charge on any atom is 0.157 e. The van der Waals surface area contributed by atoms with E-state index in [1.807, 2.05) is 13.8 Å². The van der Waals surface area contributed by atoms with E-state index in [4.69, 9.17) is 22.1 Å². The summed E-state index contributed by atoms with van der Waals surface area (Å²) in [6.07, 6.45) is 1.43. The lowest BCUT2D eigenvalue weighted by Crippen LogP contribution is -2.48. The summed E-state index contributed by atoms with van der Waals surface area (Å²) in [5, 5.41) is 0.300. The van der Waals surface area contributed by atoms with Gasteiger partial charge in [0.15, 0.2) is 11.0 Å². The average Bonchev–Trinajstić information content (AvgIpc) is 2.20. The topological polar surface area (TPSA) is 64.3 Å². The molecule has 1 aromatic heterocycles. The minimum atomic E-state index is -0.192. The average molecular weight is 243 g/mol. The molecule has 2 N–H and O–H groups in total. The highest BCUT2D eigenvalue weighted by molar-refractivity contribution is 6.32. The fraction of sp³-hybridized carbons (Fsp3) is 0.600. The molecule has 1 aliphatic heterocycles. The number of nitrogens with zero attached hydrogens (tertiary/aromatic N) is 3. The Kier molecular flexibility index (Phi) is 2.90. The van der Waals surface area contributed by atoms with Crippen molar-refractivity contribution in [2.45, 2.75) is 19.4 Å². The van der Waals surface area contributed by atoms with Gasteiger partial charge in [-0.05, 0) is 13.8 Å². The Hall–Kier alpha value is -1.07. The first-order valence-corrected chi connectivity index (χ1v) is 5.52. The van der Waals surface area contributed by atoms with Crippen LogP contribution in [0, 0.1) is 0 Å². The summed E-state index contributed by atoms with van der Waals surface area (Å²) in [4.78, 5) is 10.1. The monoisotopic (exact) mass is 242 g/mol. The molecule has 16 heavy (non-hydrogen) atoms. The molecule has 6 heteroatoms. The Morgan fingerprint density at radius 3 is 2.94 bits per heavy atom. The van der Waals surface area contributed by atoms with Crippen LogP contribution < -0.4 is 10.6 Å². The predicted octanol–water partition coefficient (Wildman–Crippen LogP) is 1.33. The lowest BCUT2D eigenvalue weighted by Gasteiger charge is -2.39. The van der Waals surface area contributed by atoms with Gasteiger partial charge in [-0.1, -0.05) is 11.6 Å². The van der Waals surface area contributed by atoms with E-state index >= 15 is 0 Å². The quantitative estimate of drug-likeness (QED) is 0.753. The molecule has 0 bridgehead atoms. The number of hydrogen-bond acceptors (Lipinski definition) is 5. The maximum atomic E-state index is 5.87. The summed E-state index contributed by atoms with van der Waals surface area (Å²) < 4.78 is 5.63. The molecule has 0 aliphatic carbocycles. The molecule has 0 unspecified atom stereocenters. The zero-order valence-electron chi connectivity index (χ0n) is 9.40. The van der Waals surface area contributed by atoms with Crippen LogP contribution in [0.4, 0.5) is 11.5 Å². The Morgan fingerprint density at radius 2 is 2.25 bits per heavy atom. The summed E-state index contributed by atoms with van der Waals surface area (Å²) in [6.45, 7) is 6.25. The molecule has 2 rings (SSSR count). The van der Waals surface area contributed by atoms with E-state index in [1.54, 1.807) is 0 Å². The molecule has 1 aliphatic rings. The molecular weight excluding hydrogens is 228 g/mol. The normalized spacial score (nSPS) is 19.8. The summed E-state index contributed by atoms with van der Waals surface area (Å²) in [5.41, 5.74) is 6.10. The van der Waals surface area contributed by atoms with Gasteiger partial charge in [-0.3, -0.25) is 0 Å². The molecule has 88 valence electrons.